The Kier molecular flexibility index (Phi) is 10.3. The minimum Gasteiger partial charge on any atom is -0.512 e. The molecule has 4 aromatic rings. The SMILES string of the molecule is CC1(C)c2cc3ccccc3nc2-c2[c-]ccc3cccc1c23.CCC(CC)C(=O)/C=C(\O)C(CC)CC.[Ir]. The van der Waals surface area contributed by atoms with Crippen LogP contribution < -0.4 is 0 Å². The molecule has 0 bridgehead atoms. The molecule has 0 amide bonds. The van der Waals surface area contributed by atoms with Crippen molar-refractivity contribution in [3.63, 3.8) is 0 Å². The van der Waals surface area contributed by atoms with E-state index in [0.717, 1.165) is 42.5 Å². The van der Waals surface area contributed by atoms with Crippen LogP contribution in [0.25, 0.3) is 32.9 Å². The van der Waals surface area contributed by atoms with E-state index in [1.54, 1.807) is 0 Å². The summed E-state index contributed by atoms with van der Waals surface area (Å²) in [5, 5.41) is 13.5. The minimum absolute atomic E-state index is 0. The van der Waals surface area contributed by atoms with Crippen LogP contribution in [-0.2, 0) is 30.3 Å². The number of hydrogen-bond acceptors (Lipinski definition) is 3. The van der Waals surface area contributed by atoms with E-state index in [1.807, 2.05) is 39.8 Å². The van der Waals surface area contributed by atoms with Crippen LogP contribution in [0.5, 0.6) is 0 Å². The Morgan fingerprint density at radius 2 is 1.54 bits per heavy atom. The first-order valence-corrected chi connectivity index (χ1v) is 14.1. The number of fused-ring (bicyclic) bond motifs is 3. The maximum Gasteiger partial charge on any atom is 0.162 e. The standard InChI is InChI=1S/C22H16N.C13H24O2.Ir/c1-22(2)17-11-6-9-14-8-5-10-16(20(14)17)21-18(22)13-15-7-3-4-12-19(15)23-21;1-5-10(6-2)12(14)9-13(15)11(7-3)8-4;/h3-9,11-13H,1-2H3;9-11,14H,5-8H2,1-4H3;/q-1;;/b;12-9-;. The Hall–Kier alpha value is -2.81. The van der Waals surface area contributed by atoms with Gasteiger partial charge in [-0.1, -0.05) is 101 Å². The summed E-state index contributed by atoms with van der Waals surface area (Å²) in [6, 6.07) is 24.8. The number of aliphatic hydroxyl groups excluding tert-OH is 1. The van der Waals surface area contributed by atoms with Gasteiger partial charge in [-0.3, -0.25) is 9.78 Å². The fourth-order valence-electron chi connectivity index (χ4n) is 5.69. The van der Waals surface area contributed by atoms with Crippen molar-refractivity contribution in [3.8, 4) is 11.3 Å². The van der Waals surface area contributed by atoms with E-state index >= 15 is 0 Å². The van der Waals surface area contributed by atoms with Gasteiger partial charge in [-0.05, 0) is 42.8 Å². The van der Waals surface area contributed by atoms with E-state index in [4.69, 9.17) is 4.98 Å². The van der Waals surface area contributed by atoms with Crippen LogP contribution in [0.15, 0.2) is 72.5 Å². The number of benzene rings is 3. The molecule has 39 heavy (non-hydrogen) atoms. The van der Waals surface area contributed by atoms with Crippen molar-refractivity contribution in [2.24, 2.45) is 11.8 Å². The number of rotatable bonds is 7. The molecule has 1 aliphatic carbocycles. The average molecular weight is 699 g/mol. The van der Waals surface area contributed by atoms with Gasteiger partial charge in [0.1, 0.15) is 0 Å². The van der Waals surface area contributed by atoms with Crippen LogP contribution in [-0.4, -0.2) is 15.9 Å². The predicted molar refractivity (Wildman–Crippen MR) is 160 cm³/mol. The molecule has 3 nitrogen and oxygen atoms in total. The van der Waals surface area contributed by atoms with Gasteiger partial charge in [0.05, 0.1) is 11.3 Å². The smallest absolute Gasteiger partial charge is 0.162 e. The molecular formula is C35H40IrNO2-. The van der Waals surface area contributed by atoms with E-state index in [9.17, 15) is 9.90 Å². The number of para-hydroxylation sites is 1. The summed E-state index contributed by atoms with van der Waals surface area (Å²) in [6.07, 6.45) is 4.91. The molecule has 1 aromatic heterocycles. The van der Waals surface area contributed by atoms with Crippen molar-refractivity contribution in [2.75, 3.05) is 0 Å². The van der Waals surface area contributed by atoms with E-state index < -0.39 is 0 Å². The van der Waals surface area contributed by atoms with Crippen molar-refractivity contribution in [1.29, 1.82) is 0 Å². The van der Waals surface area contributed by atoms with Gasteiger partial charge in [0, 0.05) is 43.4 Å². The fraction of sp³-hybridized carbons (Fsp3) is 0.371. The van der Waals surface area contributed by atoms with Gasteiger partial charge in [-0.15, -0.1) is 29.1 Å². The molecular weight excluding hydrogens is 659 g/mol. The van der Waals surface area contributed by atoms with E-state index in [1.165, 1.54) is 33.4 Å². The topological polar surface area (TPSA) is 50.2 Å². The largest absolute Gasteiger partial charge is 0.512 e. The predicted octanol–water partition coefficient (Wildman–Crippen LogP) is 9.36. The Labute approximate surface area is 247 Å². The van der Waals surface area contributed by atoms with Gasteiger partial charge in [-0.2, -0.15) is 0 Å². The Bertz CT molecular complexity index is 1470. The van der Waals surface area contributed by atoms with Crippen LogP contribution in [0, 0.1) is 17.9 Å². The third-order valence-electron chi connectivity index (χ3n) is 8.23. The second kappa shape index (κ2) is 13.0. The van der Waals surface area contributed by atoms with Crippen LogP contribution in [0.1, 0.15) is 78.4 Å². The van der Waals surface area contributed by atoms with E-state index in [0.29, 0.717) is 0 Å². The van der Waals surface area contributed by atoms with Crippen molar-refractivity contribution >= 4 is 27.5 Å². The Balaban J connectivity index is 0.000000233. The molecule has 0 aliphatic heterocycles. The summed E-state index contributed by atoms with van der Waals surface area (Å²) in [5.41, 5.74) is 5.86. The first-order valence-electron chi connectivity index (χ1n) is 14.1. The third-order valence-corrected chi connectivity index (χ3v) is 8.23. The molecule has 0 saturated heterocycles. The molecule has 1 aliphatic rings. The second-order valence-electron chi connectivity index (χ2n) is 10.8. The number of pyridine rings is 1. The summed E-state index contributed by atoms with van der Waals surface area (Å²) in [7, 11) is 0. The van der Waals surface area contributed by atoms with Crippen molar-refractivity contribution in [3.05, 3.63) is 89.7 Å². The fourth-order valence-corrected chi connectivity index (χ4v) is 5.69. The van der Waals surface area contributed by atoms with Crippen LogP contribution >= 0.6 is 0 Å². The number of allylic oxidation sites excluding steroid dienone is 2. The number of aromatic nitrogens is 1. The Morgan fingerprint density at radius 3 is 2.21 bits per heavy atom. The molecule has 207 valence electrons. The maximum atomic E-state index is 11.7. The summed E-state index contributed by atoms with van der Waals surface area (Å²) >= 11 is 0. The molecule has 0 unspecified atom stereocenters. The first kappa shape index (κ1) is 30.7. The van der Waals surface area contributed by atoms with Gasteiger partial charge < -0.3 is 5.11 Å². The summed E-state index contributed by atoms with van der Waals surface area (Å²) in [4.78, 5) is 16.7. The molecule has 1 radical (unpaired) electrons. The molecule has 0 saturated carbocycles. The van der Waals surface area contributed by atoms with Gasteiger partial charge in [0.25, 0.3) is 0 Å². The summed E-state index contributed by atoms with van der Waals surface area (Å²) in [6.45, 7) is 12.7. The number of carbonyl (C=O) groups excluding carboxylic acids is 1. The van der Waals surface area contributed by atoms with Crippen molar-refractivity contribution < 1.29 is 30.0 Å². The zero-order valence-corrected chi connectivity index (χ0v) is 26.4. The molecule has 1 heterocycles. The van der Waals surface area contributed by atoms with Crippen molar-refractivity contribution in [1.82, 2.24) is 4.98 Å². The number of nitrogens with zero attached hydrogens (tertiary/aromatic N) is 1. The van der Waals surface area contributed by atoms with Gasteiger partial charge in [0.2, 0.25) is 0 Å². The minimum atomic E-state index is -0.0614. The van der Waals surface area contributed by atoms with Crippen LogP contribution in [0.3, 0.4) is 0 Å². The second-order valence-corrected chi connectivity index (χ2v) is 10.8. The number of ketones is 1. The molecule has 0 spiro atoms. The van der Waals surface area contributed by atoms with Crippen molar-refractivity contribution in [2.45, 2.75) is 72.6 Å². The molecule has 4 heteroatoms. The molecule has 3 aromatic carbocycles. The summed E-state index contributed by atoms with van der Waals surface area (Å²) < 4.78 is 0. The number of carbonyl (C=O) groups is 1. The van der Waals surface area contributed by atoms with Gasteiger partial charge in [0.15, 0.2) is 5.78 Å². The zero-order chi connectivity index (χ0) is 27.4. The average Bonchev–Trinajstić information content (AvgIpc) is 2.92. The van der Waals surface area contributed by atoms with Gasteiger partial charge >= 0.3 is 0 Å². The molecule has 1 N–H and O–H groups in total. The number of aliphatic hydroxyl groups is 1. The first-order chi connectivity index (χ1) is 18.3. The molecule has 0 fully saturated rings. The van der Waals surface area contributed by atoms with Crippen LogP contribution in [0.2, 0.25) is 0 Å². The molecule has 5 rings (SSSR count). The van der Waals surface area contributed by atoms with Gasteiger partial charge in [-0.25, -0.2) is 0 Å². The summed E-state index contributed by atoms with van der Waals surface area (Å²) in [5.74, 6) is 0.547. The normalized spacial score (nSPS) is 13.6. The number of hydrogen-bond donors (Lipinski definition) is 1. The van der Waals surface area contributed by atoms with E-state index in [2.05, 4.69) is 68.4 Å². The Morgan fingerprint density at radius 1 is 0.897 bits per heavy atom. The monoisotopic (exact) mass is 699 g/mol. The van der Waals surface area contributed by atoms with Crippen LogP contribution in [0.4, 0.5) is 0 Å². The quantitative estimate of drug-likeness (QED) is 0.119. The molecule has 0 atom stereocenters. The zero-order valence-electron chi connectivity index (χ0n) is 24.0. The third kappa shape index (κ3) is 6.03. The maximum absolute atomic E-state index is 11.7. The van der Waals surface area contributed by atoms with E-state index in [-0.39, 0.29) is 48.9 Å².